The Bertz CT molecular complexity index is 5500. The molecule has 5 aliphatic rings. The molecule has 9 aromatic heterocycles. The Balaban J connectivity index is 0.754. The van der Waals surface area contributed by atoms with E-state index in [4.69, 9.17) is 63.8 Å². The van der Waals surface area contributed by atoms with Crippen LogP contribution in [-0.4, -0.2) is 200 Å². The third kappa shape index (κ3) is 13.4. The van der Waals surface area contributed by atoms with Crippen LogP contribution in [0.3, 0.4) is 0 Å². The molecule has 2 fully saturated rings. The minimum Gasteiger partial charge on any atom is -0.493 e. The first kappa shape index (κ1) is 67.0. The fraction of sp³-hybridized carbons (Fsp3) is 0.299. The molecule has 6 bridgehead atoms. The lowest BCUT2D eigenvalue weighted by Crippen LogP contribution is -2.36. The number of hydrogen-bond donors (Lipinski definition) is 4. The number of rotatable bonds is 9. The van der Waals surface area contributed by atoms with Gasteiger partial charge < -0.3 is 54.2 Å². The van der Waals surface area contributed by atoms with Crippen molar-refractivity contribution in [1.29, 1.82) is 0 Å². The van der Waals surface area contributed by atoms with Crippen molar-refractivity contribution in [1.82, 2.24) is 100 Å². The molecule has 0 unspecified atom stereocenters. The number of carbonyl (C=O) groups excluding carboxylic acids is 3. The highest BCUT2D eigenvalue weighted by molar-refractivity contribution is 5.99. The third-order valence-corrected chi connectivity index (χ3v) is 19.8. The SMILES string of the molecule is CCNC(=O)c1ccc2c(c1)/C=C/c1n[nH]c3cnc(cc13)-c1cnn(Cn3nc4c5cc(ncc53)-c3cnn(-n5nc6c7cc(ncc75)-c5cnn(C)c5COCCOc5cc(C(=O)N[C@@H]7CCN(C)C7)ccc5C=C6)c3OCCCOc3cc(C(=O)N[C@H]5CCN(C)C5)ccc3C=C4)c1COCCO2. The number of aromatic amines is 1. The number of aromatic nitrogens is 15. The van der Waals surface area contributed by atoms with E-state index in [-0.39, 0.29) is 89.3 Å². The summed E-state index contributed by atoms with van der Waals surface area (Å²) in [6, 6.07) is 22.4. The first-order chi connectivity index (χ1) is 51.9. The average Bonchev–Trinajstić information content (AvgIpc) is 1.60. The van der Waals surface area contributed by atoms with Gasteiger partial charge in [-0.1, -0.05) is 12.1 Å². The van der Waals surface area contributed by atoms with Crippen LogP contribution in [0.25, 0.3) is 103 Å². The summed E-state index contributed by atoms with van der Waals surface area (Å²) < 4.78 is 44.5. The van der Waals surface area contributed by atoms with Crippen LogP contribution >= 0.6 is 0 Å². The molecule has 0 spiro atoms. The van der Waals surface area contributed by atoms with Gasteiger partial charge in [-0.3, -0.25) is 39.1 Å². The second kappa shape index (κ2) is 28.8. The lowest BCUT2D eigenvalue weighted by Gasteiger charge is -2.15. The minimum absolute atomic E-state index is 0.0260. The molecule has 12 aromatic rings. The molecule has 29 nitrogen and oxygen atoms in total. The van der Waals surface area contributed by atoms with Gasteiger partial charge >= 0.3 is 0 Å². The summed E-state index contributed by atoms with van der Waals surface area (Å²) >= 11 is 0. The van der Waals surface area contributed by atoms with E-state index < -0.39 is 0 Å². The first-order valence-corrected chi connectivity index (χ1v) is 35.5. The fourth-order valence-electron chi connectivity index (χ4n) is 14.2. The topological polar surface area (TPSA) is 306 Å². The van der Waals surface area contributed by atoms with E-state index in [0.717, 1.165) is 94.3 Å². The Morgan fingerprint density at radius 2 is 1.08 bits per heavy atom. The van der Waals surface area contributed by atoms with Crippen LogP contribution in [-0.2, 0) is 36.4 Å². The maximum absolute atomic E-state index is 14.0. The maximum Gasteiger partial charge on any atom is 0.251 e. The summed E-state index contributed by atoms with van der Waals surface area (Å²) in [6.45, 7) is 7.52. The van der Waals surface area contributed by atoms with Crippen molar-refractivity contribution in [3.63, 3.8) is 0 Å². The van der Waals surface area contributed by atoms with Crippen LogP contribution in [0.15, 0.2) is 110 Å². The highest BCUT2D eigenvalue weighted by atomic mass is 16.5. The molecule has 0 radical (unpaired) electrons. The number of benzene rings is 3. The van der Waals surface area contributed by atoms with Crippen molar-refractivity contribution in [2.75, 3.05) is 86.5 Å². The minimum atomic E-state index is -0.184. The number of ether oxygens (including phenoxy) is 6. The van der Waals surface area contributed by atoms with Crippen LogP contribution in [0.1, 0.15) is 102 Å². The molecule has 2 saturated heterocycles. The van der Waals surface area contributed by atoms with Gasteiger partial charge in [-0.25, -0.2) is 9.36 Å². The predicted molar refractivity (Wildman–Crippen MR) is 397 cm³/mol. The van der Waals surface area contributed by atoms with Crippen molar-refractivity contribution in [2.24, 2.45) is 7.05 Å². The van der Waals surface area contributed by atoms with Crippen LogP contribution in [0, 0.1) is 0 Å². The maximum atomic E-state index is 14.0. The smallest absolute Gasteiger partial charge is 0.251 e. The van der Waals surface area contributed by atoms with E-state index in [1.165, 1.54) is 0 Å². The van der Waals surface area contributed by atoms with E-state index in [1.807, 2.05) is 102 Å². The number of likely N-dealkylation sites (tertiary alicyclic amines) is 2. The Morgan fingerprint density at radius 1 is 0.509 bits per heavy atom. The number of nitrogens with zero attached hydrogens (tertiary/aromatic N) is 16. The van der Waals surface area contributed by atoms with Gasteiger partial charge in [0.2, 0.25) is 5.88 Å². The fourth-order valence-corrected chi connectivity index (χ4v) is 14.2. The standard InChI is InChI=1S/C77H76N20O9/c1-5-78-74(98)49-14-18-71-48(29-49)13-15-60-54-32-63(79-38-66(54)88-87-60)58-36-83-94(70(58)44-102-25-27-104-71)45-95-67-39-80-65-33-55(67)61(89-95)16-11-46-7-9-50(75(99)85-52-19-21-91(2)41-52)30-72(46)103-23-6-24-106-77-59(65)37-84-97(77)96-68-40-81-64-34-56(68)62(90-96)17-12-47-8-10-51(76(100)86-53-20-22-92(3)42-53)31-73(47)105-28-26-101-43-69-57(64)35-82-93(69)4/h7-18,29-40,52-53H,5-6,19-28,41-45H2,1-4H3,(H,78,98)(H,85,99)(H,86,100)(H,87,88)/b15-13+,16-11?,17-12?/t52-,53+/m0/s1. The molecule has 106 heavy (non-hydrogen) atoms. The zero-order valence-electron chi connectivity index (χ0n) is 58.9. The molecule has 3 amide bonds. The third-order valence-electron chi connectivity index (χ3n) is 19.8. The first-order valence-electron chi connectivity index (χ1n) is 35.5. The van der Waals surface area contributed by atoms with E-state index in [2.05, 4.69) is 55.1 Å². The number of pyridine rings is 3. The lowest BCUT2D eigenvalue weighted by molar-refractivity contribution is 0.0843. The van der Waals surface area contributed by atoms with Crippen LogP contribution in [0.5, 0.6) is 23.1 Å². The normalized spacial score (nSPS) is 17.4. The number of fused-ring (bicyclic) bond motifs is 12. The zero-order chi connectivity index (χ0) is 71.9. The van der Waals surface area contributed by atoms with Gasteiger partial charge in [-0.15, -0.1) is 14.7 Å². The largest absolute Gasteiger partial charge is 0.493 e. The molecule has 4 N–H and O–H groups in total. The van der Waals surface area contributed by atoms with Crippen LogP contribution < -0.4 is 34.9 Å². The van der Waals surface area contributed by atoms with E-state index >= 15 is 0 Å². The van der Waals surface area contributed by atoms with Crippen molar-refractivity contribution in [3.8, 4) is 56.9 Å². The summed E-state index contributed by atoms with van der Waals surface area (Å²) in [5, 5.41) is 44.7. The molecule has 0 aliphatic carbocycles. The molecule has 17 rings (SSSR count). The van der Waals surface area contributed by atoms with E-state index in [1.54, 1.807) is 81.8 Å². The summed E-state index contributed by atoms with van der Waals surface area (Å²) in [4.78, 5) is 63.5. The number of amides is 3. The van der Waals surface area contributed by atoms with Gasteiger partial charge in [0.1, 0.15) is 42.6 Å². The molecule has 14 heterocycles. The summed E-state index contributed by atoms with van der Waals surface area (Å²) in [6.07, 6.45) is 24.3. The van der Waals surface area contributed by atoms with Gasteiger partial charge in [0.15, 0.2) is 0 Å². The quantitative estimate of drug-likeness (QED) is 0.105. The molecule has 3 aromatic carbocycles. The zero-order valence-corrected chi connectivity index (χ0v) is 58.9. The highest BCUT2D eigenvalue weighted by Crippen LogP contribution is 2.38. The summed E-state index contributed by atoms with van der Waals surface area (Å²) in [5.41, 5.74) is 12.9. The van der Waals surface area contributed by atoms with Gasteiger partial charge in [0.25, 0.3) is 17.7 Å². The lowest BCUT2D eigenvalue weighted by atomic mass is 10.1. The van der Waals surface area contributed by atoms with Crippen molar-refractivity contribution < 1.29 is 42.8 Å². The number of carbonyl (C=O) groups is 3. The number of likely N-dealkylation sites (N-methyl/N-ethyl adjacent to an activating group) is 2. The van der Waals surface area contributed by atoms with E-state index in [9.17, 15) is 14.4 Å². The number of hydrogen-bond acceptors (Lipinski definition) is 20. The van der Waals surface area contributed by atoms with Crippen LogP contribution in [0.2, 0.25) is 0 Å². The molecule has 29 heteroatoms. The van der Waals surface area contributed by atoms with Crippen molar-refractivity contribution in [3.05, 3.63) is 172 Å². The number of aryl methyl sites for hydroxylation is 1. The number of nitrogens with one attached hydrogen (secondary N) is 4. The van der Waals surface area contributed by atoms with Crippen LogP contribution in [0.4, 0.5) is 0 Å². The molecule has 0 saturated carbocycles. The van der Waals surface area contributed by atoms with Gasteiger partial charge in [-0.05, 0) is 144 Å². The molecule has 5 aliphatic heterocycles. The van der Waals surface area contributed by atoms with E-state index in [0.29, 0.717) is 109 Å². The Kier molecular flexibility index (Phi) is 18.2. The molecular formula is C77H76N20O9. The highest BCUT2D eigenvalue weighted by Gasteiger charge is 2.28. The molecule has 538 valence electrons. The van der Waals surface area contributed by atoms with Gasteiger partial charge in [0.05, 0.1) is 139 Å². The van der Waals surface area contributed by atoms with Gasteiger partial charge in [0, 0.05) is 106 Å². The second-order valence-electron chi connectivity index (χ2n) is 27.0. The second-order valence-corrected chi connectivity index (χ2v) is 27.0. The Morgan fingerprint density at radius 3 is 1.79 bits per heavy atom. The Hall–Kier alpha value is -12.2. The van der Waals surface area contributed by atoms with Crippen molar-refractivity contribution in [2.45, 2.75) is 58.2 Å². The van der Waals surface area contributed by atoms with Crippen molar-refractivity contribution >= 4 is 86.9 Å². The average molecular weight is 1430 g/mol. The van der Waals surface area contributed by atoms with Gasteiger partial charge in [-0.2, -0.15) is 25.5 Å². The number of H-pyrrole nitrogens is 1. The Labute approximate surface area is 607 Å². The monoisotopic (exact) mass is 1420 g/mol. The molecular weight excluding hydrogens is 1350 g/mol. The predicted octanol–water partition coefficient (Wildman–Crippen LogP) is 8.50. The molecule has 2 atom stereocenters. The summed E-state index contributed by atoms with van der Waals surface area (Å²) in [7, 11) is 5.98. The summed E-state index contributed by atoms with van der Waals surface area (Å²) in [5.74, 6) is 1.38.